The van der Waals surface area contributed by atoms with Gasteiger partial charge in [0.25, 0.3) is 5.91 Å². The Bertz CT molecular complexity index is 846. The SMILES string of the molecule is Cc1cccc(Nc2ccccc2C(=O)N2CCC(NCC3CC3)CC2)c1C.Cl.Cl. The molecule has 0 atom stereocenters. The van der Waals surface area contributed by atoms with Crippen LogP contribution in [0, 0.1) is 19.8 Å². The quantitative estimate of drug-likeness (QED) is 0.611. The lowest BCUT2D eigenvalue weighted by molar-refractivity contribution is 0.0706. The van der Waals surface area contributed by atoms with Gasteiger partial charge in [-0.3, -0.25) is 4.79 Å². The number of nitrogens with zero attached hydrogens (tertiary/aromatic N) is 1. The second-order valence-electron chi connectivity index (χ2n) is 8.34. The van der Waals surface area contributed by atoms with E-state index < -0.39 is 0 Å². The summed E-state index contributed by atoms with van der Waals surface area (Å²) in [5.74, 6) is 1.04. The van der Waals surface area contributed by atoms with E-state index in [1.54, 1.807) is 0 Å². The van der Waals surface area contributed by atoms with Gasteiger partial charge >= 0.3 is 0 Å². The average Bonchev–Trinajstić information content (AvgIpc) is 3.55. The van der Waals surface area contributed by atoms with E-state index in [0.29, 0.717) is 6.04 Å². The minimum absolute atomic E-state index is 0. The third kappa shape index (κ3) is 5.90. The summed E-state index contributed by atoms with van der Waals surface area (Å²) in [6.45, 7) is 7.04. The second-order valence-corrected chi connectivity index (χ2v) is 8.34. The summed E-state index contributed by atoms with van der Waals surface area (Å²) in [5.41, 5.74) is 5.16. The monoisotopic (exact) mass is 449 g/mol. The van der Waals surface area contributed by atoms with Gasteiger partial charge in [0.1, 0.15) is 0 Å². The smallest absolute Gasteiger partial charge is 0.255 e. The van der Waals surface area contributed by atoms with Crippen molar-refractivity contribution in [2.24, 2.45) is 5.92 Å². The lowest BCUT2D eigenvalue weighted by Gasteiger charge is -2.33. The minimum Gasteiger partial charge on any atom is -0.355 e. The molecule has 2 aromatic carbocycles. The largest absolute Gasteiger partial charge is 0.355 e. The highest BCUT2D eigenvalue weighted by atomic mass is 35.5. The van der Waals surface area contributed by atoms with Crippen molar-refractivity contribution in [1.29, 1.82) is 0 Å². The fourth-order valence-electron chi connectivity index (χ4n) is 3.92. The predicted octanol–water partition coefficient (Wildman–Crippen LogP) is 5.49. The Morgan fingerprint density at radius 3 is 2.30 bits per heavy atom. The van der Waals surface area contributed by atoms with Crippen LogP contribution >= 0.6 is 24.8 Å². The van der Waals surface area contributed by atoms with Crippen molar-refractivity contribution in [1.82, 2.24) is 10.2 Å². The predicted molar refractivity (Wildman–Crippen MR) is 130 cm³/mol. The number of hydrogen-bond donors (Lipinski definition) is 2. The standard InChI is InChI=1S/C24H31N3O.2ClH/c1-17-6-5-9-22(18(17)2)26-23-8-4-3-7-21(23)24(28)27-14-12-20(13-15-27)25-16-19-10-11-19;;/h3-9,19-20,25-26H,10-16H2,1-2H3;2*1H. The molecule has 164 valence electrons. The number of nitrogens with one attached hydrogen (secondary N) is 2. The Morgan fingerprint density at radius 2 is 1.60 bits per heavy atom. The van der Waals surface area contributed by atoms with E-state index in [-0.39, 0.29) is 30.7 Å². The number of carbonyl (C=O) groups excluding carboxylic acids is 1. The van der Waals surface area contributed by atoms with E-state index in [0.717, 1.165) is 55.3 Å². The van der Waals surface area contributed by atoms with Crippen LogP contribution in [-0.4, -0.2) is 36.5 Å². The summed E-state index contributed by atoms with van der Waals surface area (Å²) in [5, 5.41) is 7.18. The van der Waals surface area contributed by atoms with Crippen LogP contribution in [-0.2, 0) is 0 Å². The highest BCUT2D eigenvalue weighted by molar-refractivity contribution is 6.00. The van der Waals surface area contributed by atoms with E-state index in [1.165, 1.54) is 24.0 Å². The highest BCUT2D eigenvalue weighted by Crippen LogP contribution is 2.29. The number of carbonyl (C=O) groups is 1. The summed E-state index contributed by atoms with van der Waals surface area (Å²) in [7, 11) is 0. The van der Waals surface area contributed by atoms with Crippen LogP contribution in [0.4, 0.5) is 11.4 Å². The van der Waals surface area contributed by atoms with Crippen molar-refractivity contribution in [3.63, 3.8) is 0 Å². The maximum Gasteiger partial charge on any atom is 0.255 e. The van der Waals surface area contributed by atoms with Crippen LogP contribution in [0.3, 0.4) is 0 Å². The molecule has 4 rings (SSSR count). The van der Waals surface area contributed by atoms with Gasteiger partial charge in [-0.25, -0.2) is 0 Å². The van der Waals surface area contributed by atoms with Gasteiger partial charge in [0.15, 0.2) is 0 Å². The van der Waals surface area contributed by atoms with E-state index in [2.05, 4.69) is 42.7 Å². The Balaban J connectivity index is 0.00000160. The molecule has 0 unspecified atom stereocenters. The second kappa shape index (κ2) is 11.0. The number of para-hydroxylation sites is 1. The van der Waals surface area contributed by atoms with Gasteiger partial charge in [-0.2, -0.15) is 0 Å². The van der Waals surface area contributed by atoms with Crippen molar-refractivity contribution in [3.05, 3.63) is 59.2 Å². The van der Waals surface area contributed by atoms with Gasteiger partial charge in [0.2, 0.25) is 0 Å². The summed E-state index contributed by atoms with van der Waals surface area (Å²) in [4.78, 5) is 15.2. The normalized spacial score (nSPS) is 16.4. The Morgan fingerprint density at radius 1 is 0.933 bits per heavy atom. The zero-order valence-electron chi connectivity index (χ0n) is 17.8. The van der Waals surface area contributed by atoms with E-state index >= 15 is 0 Å². The third-order valence-corrected chi connectivity index (χ3v) is 6.21. The number of rotatable bonds is 6. The lowest BCUT2D eigenvalue weighted by Crippen LogP contribution is -2.45. The highest BCUT2D eigenvalue weighted by Gasteiger charge is 2.27. The molecule has 2 aliphatic rings. The Labute approximate surface area is 192 Å². The van der Waals surface area contributed by atoms with Gasteiger partial charge in [-0.05, 0) is 81.3 Å². The molecular formula is C24H33Cl2N3O. The number of amides is 1. The van der Waals surface area contributed by atoms with Gasteiger partial charge in [-0.15, -0.1) is 24.8 Å². The number of piperidine rings is 1. The molecular weight excluding hydrogens is 417 g/mol. The summed E-state index contributed by atoms with van der Waals surface area (Å²) in [6.07, 6.45) is 4.86. The molecule has 2 aromatic rings. The van der Waals surface area contributed by atoms with E-state index in [1.807, 2.05) is 29.2 Å². The third-order valence-electron chi connectivity index (χ3n) is 6.21. The molecule has 1 heterocycles. The number of anilines is 2. The summed E-state index contributed by atoms with van der Waals surface area (Å²) in [6, 6.07) is 14.7. The molecule has 0 spiro atoms. The number of aryl methyl sites for hydroxylation is 1. The summed E-state index contributed by atoms with van der Waals surface area (Å²) >= 11 is 0. The Hall–Kier alpha value is -1.75. The Kier molecular flexibility index (Phi) is 9.02. The van der Waals surface area contributed by atoms with Crippen LogP contribution < -0.4 is 10.6 Å². The zero-order chi connectivity index (χ0) is 19.5. The molecule has 1 aliphatic carbocycles. The number of halogens is 2. The van der Waals surface area contributed by atoms with Gasteiger partial charge in [0.05, 0.1) is 11.3 Å². The maximum absolute atomic E-state index is 13.2. The van der Waals surface area contributed by atoms with Crippen molar-refractivity contribution < 1.29 is 4.79 Å². The molecule has 0 bridgehead atoms. The number of likely N-dealkylation sites (tertiary alicyclic amines) is 1. The molecule has 2 fully saturated rings. The maximum atomic E-state index is 13.2. The molecule has 0 radical (unpaired) electrons. The first-order valence-corrected chi connectivity index (χ1v) is 10.6. The molecule has 0 aromatic heterocycles. The lowest BCUT2D eigenvalue weighted by atomic mass is 10.0. The molecule has 1 amide bonds. The van der Waals surface area contributed by atoms with Crippen LogP contribution in [0.2, 0.25) is 0 Å². The molecule has 4 nitrogen and oxygen atoms in total. The molecule has 30 heavy (non-hydrogen) atoms. The molecule has 6 heteroatoms. The van der Waals surface area contributed by atoms with Crippen molar-refractivity contribution in [3.8, 4) is 0 Å². The van der Waals surface area contributed by atoms with Crippen LogP contribution in [0.1, 0.15) is 47.2 Å². The fraction of sp³-hybridized carbons (Fsp3) is 0.458. The minimum atomic E-state index is 0. The zero-order valence-corrected chi connectivity index (χ0v) is 19.5. The van der Waals surface area contributed by atoms with E-state index in [4.69, 9.17) is 0 Å². The average molecular weight is 450 g/mol. The molecule has 1 saturated carbocycles. The van der Waals surface area contributed by atoms with Gasteiger partial charge in [-0.1, -0.05) is 24.3 Å². The van der Waals surface area contributed by atoms with Gasteiger partial charge < -0.3 is 15.5 Å². The topological polar surface area (TPSA) is 44.4 Å². The first-order valence-electron chi connectivity index (χ1n) is 10.6. The van der Waals surface area contributed by atoms with Crippen molar-refractivity contribution in [2.45, 2.75) is 45.6 Å². The van der Waals surface area contributed by atoms with Crippen molar-refractivity contribution >= 4 is 42.1 Å². The fourth-order valence-corrected chi connectivity index (χ4v) is 3.92. The number of hydrogen-bond acceptors (Lipinski definition) is 3. The van der Waals surface area contributed by atoms with E-state index in [9.17, 15) is 4.79 Å². The van der Waals surface area contributed by atoms with Crippen LogP contribution in [0.5, 0.6) is 0 Å². The number of benzene rings is 2. The first kappa shape index (κ1) is 24.5. The molecule has 1 aliphatic heterocycles. The molecule has 2 N–H and O–H groups in total. The van der Waals surface area contributed by atoms with Crippen molar-refractivity contribution in [2.75, 3.05) is 25.0 Å². The van der Waals surface area contributed by atoms with Gasteiger partial charge in [0, 0.05) is 24.8 Å². The van der Waals surface area contributed by atoms with Crippen LogP contribution in [0.25, 0.3) is 0 Å². The summed E-state index contributed by atoms with van der Waals surface area (Å²) < 4.78 is 0. The van der Waals surface area contributed by atoms with Crippen LogP contribution in [0.15, 0.2) is 42.5 Å². The molecule has 1 saturated heterocycles. The first-order chi connectivity index (χ1) is 13.6.